The van der Waals surface area contributed by atoms with E-state index in [1.54, 1.807) is 0 Å². The van der Waals surface area contributed by atoms with Gasteiger partial charge in [0.2, 0.25) is 0 Å². The second-order valence-corrected chi connectivity index (χ2v) is 5.01. The van der Waals surface area contributed by atoms with Crippen LogP contribution in [-0.4, -0.2) is 22.4 Å². The predicted octanol–water partition coefficient (Wildman–Crippen LogP) is 1.55. The van der Waals surface area contributed by atoms with Gasteiger partial charge in [-0.2, -0.15) is 0 Å². The third-order valence-corrected chi connectivity index (χ3v) is 2.90. The van der Waals surface area contributed by atoms with Gasteiger partial charge in [0.05, 0.1) is 12.2 Å². The molecule has 0 heterocycles. The van der Waals surface area contributed by atoms with Crippen LogP contribution in [0.3, 0.4) is 0 Å². The van der Waals surface area contributed by atoms with Crippen molar-refractivity contribution in [3.05, 3.63) is 0 Å². The Bertz CT molecular complexity index is 148. The van der Waals surface area contributed by atoms with Crippen molar-refractivity contribution in [2.75, 3.05) is 0 Å². The highest BCUT2D eigenvalue weighted by atomic mass is 16.3. The maximum atomic E-state index is 9.71. The molecule has 0 aromatic carbocycles. The van der Waals surface area contributed by atoms with Gasteiger partial charge in [-0.3, -0.25) is 0 Å². The van der Waals surface area contributed by atoms with Crippen molar-refractivity contribution in [1.82, 2.24) is 0 Å². The van der Waals surface area contributed by atoms with E-state index in [0.29, 0.717) is 12.3 Å². The molecular weight excluding hydrogens is 152 g/mol. The molecule has 72 valence electrons. The van der Waals surface area contributed by atoms with Crippen LogP contribution in [0.1, 0.15) is 40.0 Å². The largest absolute Gasteiger partial charge is 0.393 e. The monoisotopic (exact) mass is 172 g/mol. The number of rotatable bonds is 0. The smallest absolute Gasteiger partial charge is 0.0598 e. The summed E-state index contributed by atoms with van der Waals surface area (Å²) in [7, 11) is 0. The Morgan fingerprint density at radius 1 is 1.08 bits per heavy atom. The normalized spacial score (nSPS) is 38.2. The molecule has 0 aromatic rings. The Labute approximate surface area is 74.6 Å². The molecule has 0 unspecified atom stereocenters. The van der Waals surface area contributed by atoms with Gasteiger partial charge in [0.25, 0.3) is 0 Å². The lowest BCUT2D eigenvalue weighted by Gasteiger charge is -2.39. The molecule has 0 bridgehead atoms. The highest BCUT2D eigenvalue weighted by Gasteiger charge is 2.35. The zero-order valence-electron chi connectivity index (χ0n) is 8.25. The van der Waals surface area contributed by atoms with Gasteiger partial charge in [-0.15, -0.1) is 0 Å². The Kier molecular flexibility index (Phi) is 2.79. The molecule has 0 aromatic heterocycles. The summed E-state index contributed by atoms with van der Waals surface area (Å²) in [5.74, 6) is 0.348. The molecule has 2 N–H and O–H groups in total. The Hall–Kier alpha value is -0.0800. The fraction of sp³-hybridized carbons (Fsp3) is 1.00. The summed E-state index contributed by atoms with van der Waals surface area (Å²) in [6.45, 7) is 6.45. The van der Waals surface area contributed by atoms with Crippen molar-refractivity contribution in [2.24, 2.45) is 11.3 Å². The molecule has 2 heteroatoms. The zero-order valence-corrected chi connectivity index (χ0v) is 8.25. The number of hydrogen-bond donors (Lipinski definition) is 2. The molecule has 1 rings (SSSR count). The summed E-state index contributed by atoms with van der Waals surface area (Å²) in [5, 5.41) is 19.0. The van der Waals surface area contributed by atoms with Crippen molar-refractivity contribution >= 4 is 0 Å². The lowest BCUT2D eigenvalue weighted by Crippen LogP contribution is -2.39. The Morgan fingerprint density at radius 3 is 2.08 bits per heavy atom. The zero-order chi connectivity index (χ0) is 9.35. The maximum Gasteiger partial charge on any atom is 0.0598 e. The maximum absolute atomic E-state index is 9.71. The lowest BCUT2D eigenvalue weighted by molar-refractivity contribution is -0.0372. The molecule has 0 spiro atoms. The number of aliphatic hydroxyl groups is 2. The van der Waals surface area contributed by atoms with E-state index in [-0.39, 0.29) is 17.6 Å². The minimum atomic E-state index is -0.311. The van der Waals surface area contributed by atoms with E-state index < -0.39 is 0 Å². The van der Waals surface area contributed by atoms with Gasteiger partial charge in [-0.1, -0.05) is 20.8 Å². The number of aliphatic hydroxyl groups excluding tert-OH is 2. The Morgan fingerprint density at radius 2 is 1.67 bits per heavy atom. The first-order chi connectivity index (χ1) is 5.41. The lowest BCUT2D eigenvalue weighted by atomic mass is 9.70. The standard InChI is InChI=1S/C10H20O2/c1-10(2,3)8-5-4-7(11)6-9(8)12/h7-9,11-12H,4-6H2,1-3H3/t7-,8-,9+/m1/s1. The quantitative estimate of drug-likeness (QED) is 0.582. The molecule has 3 atom stereocenters. The fourth-order valence-electron chi connectivity index (χ4n) is 2.14. The highest BCUT2D eigenvalue weighted by molar-refractivity contribution is 4.86. The van der Waals surface area contributed by atoms with Crippen LogP contribution < -0.4 is 0 Å². The van der Waals surface area contributed by atoms with Gasteiger partial charge in [0.15, 0.2) is 0 Å². The van der Waals surface area contributed by atoms with Gasteiger partial charge < -0.3 is 10.2 Å². The minimum Gasteiger partial charge on any atom is -0.393 e. The molecular formula is C10H20O2. The molecule has 1 fully saturated rings. The average molecular weight is 172 g/mol. The van der Waals surface area contributed by atoms with Crippen LogP contribution in [0.5, 0.6) is 0 Å². The molecule has 12 heavy (non-hydrogen) atoms. The first-order valence-corrected chi connectivity index (χ1v) is 4.77. The van der Waals surface area contributed by atoms with Crippen LogP contribution in [0.2, 0.25) is 0 Å². The van der Waals surface area contributed by atoms with Crippen LogP contribution in [0.4, 0.5) is 0 Å². The topological polar surface area (TPSA) is 40.5 Å². The summed E-state index contributed by atoms with van der Waals surface area (Å²) in [4.78, 5) is 0. The molecule has 1 aliphatic rings. The first-order valence-electron chi connectivity index (χ1n) is 4.77. The van der Waals surface area contributed by atoms with Gasteiger partial charge in [0.1, 0.15) is 0 Å². The third kappa shape index (κ3) is 2.20. The fourth-order valence-corrected chi connectivity index (χ4v) is 2.14. The van der Waals surface area contributed by atoms with Gasteiger partial charge >= 0.3 is 0 Å². The van der Waals surface area contributed by atoms with E-state index in [2.05, 4.69) is 20.8 Å². The molecule has 1 aliphatic carbocycles. The van der Waals surface area contributed by atoms with Crippen molar-refractivity contribution in [3.63, 3.8) is 0 Å². The SMILES string of the molecule is CC(C)(C)[C@@H]1CC[C@@H](O)C[C@@H]1O. The van der Waals surface area contributed by atoms with Crippen LogP contribution in [0.15, 0.2) is 0 Å². The highest BCUT2D eigenvalue weighted by Crippen LogP contribution is 2.37. The van der Waals surface area contributed by atoms with Gasteiger partial charge in [-0.25, -0.2) is 0 Å². The van der Waals surface area contributed by atoms with Crippen LogP contribution >= 0.6 is 0 Å². The second-order valence-electron chi connectivity index (χ2n) is 5.01. The van der Waals surface area contributed by atoms with E-state index >= 15 is 0 Å². The van der Waals surface area contributed by atoms with Crippen LogP contribution in [-0.2, 0) is 0 Å². The molecule has 0 saturated heterocycles. The van der Waals surface area contributed by atoms with E-state index in [0.717, 1.165) is 12.8 Å². The second kappa shape index (κ2) is 3.35. The molecule has 0 amide bonds. The third-order valence-electron chi connectivity index (χ3n) is 2.90. The van der Waals surface area contributed by atoms with Crippen molar-refractivity contribution in [3.8, 4) is 0 Å². The first kappa shape index (κ1) is 10.0. The minimum absolute atomic E-state index is 0.166. The van der Waals surface area contributed by atoms with Gasteiger partial charge in [-0.05, 0) is 30.6 Å². The molecule has 2 nitrogen and oxygen atoms in total. The van der Waals surface area contributed by atoms with Crippen molar-refractivity contribution in [2.45, 2.75) is 52.2 Å². The summed E-state index contributed by atoms with van der Waals surface area (Å²) >= 11 is 0. The van der Waals surface area contributed by atoms with E-state index in [1.165, 1.54) is 0 Å². The Balaban J connectivity index is 2.57. The molecule has 1 saturated carbocycles. The molecule has 0 aliphatic heterocycles. The van der Waals surface area contributed by atoms with Crippen molar-refractivity contribution < 1.29 is 10.2 Å². The summed E-state index contributed by atoms with van der Waals surface area (Å²) in [6.07, 6.45) is 1.76. The van der Waals surface area contributed by atoms with Crippen molar-refractivity contribution in [1.29, 1.82) is 0 Å². The average Bonchev–Trinajstić information content (AvgIpc) is 1.83. The van der Waals surface area contributed by atoms with Gasteiger partial charge in [0, 0.05) is 0 Å². The molecule has 0 radical (unpaired) electrons. The number of hydrogen-bond acceptors (Lipinski definition) is 2. The predicted molar refractivity (Wildman–Crippen MR) is 48.8 cm³/mol. The van der Waals surface area contributed by atoms with Crippen LogP contribution in [0, 0.1) is 11.3 Å². The summed E-state index contributed by atoms with van der Waals surface area (Å²) in [6, 6.07) is 0. The summed E-state index contributed by atoms with van der Waals surface area (Å²) < 4.78 is 0. The van der Waals surface area contributed by atoms with E-state index in [9.17, 15) is 10.2 Å². The summed E-state index contributed by atoms with van der Waals surface area (Å²) in [5.41, 5.74) is 0.166. The van der Waals surface area contributed by atoms with E-state index in [1.807, 2.05) is 0 Å². The van der Waals surface area contributed by atoms with Crippen LogP contribution in [0.25, 0.3) is 0 Å². The van der Waals surface area contributed by atoms with E-state index in [4.69, 9.17) is 0 Å².